The summed E-state index contributed by atoms with van der Waals surface area (Å²) in [4.78, 5) is 0. The molecule has 0 amide bonds. The summed E-state index contributed by atoms with van der Waals surface area (Å²) in [6.45, 7) is 0. The predicted molar refractivity (Wildman–Crippen MR) is 72.4 cm³/mol. The summed E-state index contributed by atoms with van der Waals surface area (Å²) >= 11 is 5.38. The van der Waals surface area contributed by atoms with E-state index in [2.05, 4.69) is 31.9 Å². The number of hydrogen-bond acceptors (Lipinski definition) is 6. The second kappa shape index (κ2) is 4.76. The third-order valence-electron chi connectivity index (χ3n) is 2.15. The molecule has 0 radical (unpaired) electrons. The van der Waals surface area contributed by atoms with E-state index in [-0.39, 0.29) is 0 Å². The standard InChI is InChI=1S/C9H6Br2O6S2/c10-9(11,18(12,13)7-3-1-5-16-7)19(14,15)8-4-2-6-17-8/h1-6H. The van der Waals surface area contributed by atoms with Gasteiger partial charge in [0.05, 0.1) is 12.5 Å². The Balaban J connectivity index is 2.62. The van der Waals surface area contributed by atoms with Crippen molar-refractivity contribution >= 4 is 51.5 Å². The molecule has 0 atom stereocenters. The molecular weight excluding hydrogens is 428 g/mol. The quantitative estimate of drug-likeness (QED) is 0.687. The lowest BCUT2D eigenvalue weighted by atomic mass is 10.7. The maximum Gasteiger partial charge on any atom is 0.295 e. The lowest BCUT2D eigenvalue weighted by Crippen LogP contribution is -2.34. The smallest absolute Gasteiger partial charge is 0.295 e. The SMILES string of the molecule is O=S(=O)(c1ccco1)C(Br)(Br)S(=O)(=O)c1ccco1. The molecule has 0 saturated carbocycles. The molecule has 0 saturated heterocycles. The van der Waals surface area contributed by atoms with Gasteiger partial charge in [-0.05, 0) is 56.1 Å². The zero-order valence-electron chi connectivity index (χ0n) is 8.99. The number of rotatable bonds is 4. The average Bonchev–Trinajstić information content (AvgIpc) is 3.02. The van der Waals surface area contributed by atoms with Gasteiger partial charge in [-0.1, -0.05) is 0 Å². The minimum atomic E-state index is -4.36. The van der Waals surface area contributed by atoms with Gasteiger partial charge in [0, 0.05) is 0 Å². The van der Waals surface area contributed by atoms with Crippen LogP contribution in [-0.2, 0) is 19.7 Å². The van der Waals surface area contributed by atoms with Crippen LogP contribution in [0.4, 0.5) is 0 Å². The van der Waals surface area contributed by atoms with Crippen molar-refractivity contribution in [2.45, 2.75) is 12.1 Å². The molecule has 0 spiro atoms. The molecule has 2 rings (SSSR count). The second-order valence-electron chi connectivity index (χ2n) is 3.33. The van der Waals surface area contributed by atoms with Crippen LogP contribution in [-0.4, -0.2) is 18.7 Å². The molecule has 0 fully saturated rings. The summed E-state index contributed by atoms with van der Waals surface area (Å²) in [5.74, 6) is 0. The topological polar surface area (TPSA) is 94.6 Å². The average molecular weight is 434 g/mol. The first-order valence-electron chi connectivity index (χ1n) is 4.65. The molecule has 6 nitrogen and oxygen atoms in total. The van der Waals surface area contributed by atoms with Crippen molar-refractivity contribution in [3.8, 4) is 0 Å². The van der Waals surface area contributed by atoms with Crippen LogP contribution in [0, 0.1) is 0 Å². The first-order chi connectivity index (χ1) is 8.71. The lowest BCUT2D eigenvalue weighted by Gasteiger charge is -2.18. The van der Waals surface area contributed by atoms with E-state index < -0.39 is 31.8 Å². The van der Waals surface area contributed by atoms with E-state index in [1.165, 1.54) is 12.1 Å². The van der Waals surface area contributed by atoms with Crippen LogP contribution in [0.15, 0.2) is 55.8 Å². The van der Waals surface area contributed by atoms with Crippen molar-refractivity contribution in [2.75, 3.05) is 0 Å². The van der Waals surface area contributed by atoms with E-state index in [1.807, 2.05) is 0 Å². The molecule has 2 heterocycles. The third-order valence-corrected chi connectivity index (χ3v) is 11.4. The van der Waals surface area contributed by atoms with Crippen molar-refractivity contribution in [1.82, 2.24) is 0 Å². The lowest BCUT2D eigenvalue weighted by molar-refractivity contribution is 0.444. The van der Waals surface area contributed by atoms with Gasteiger partial charge in [0.2, 0.25) is 10.2 Å². The summed E-state index contributed by atoms with van der Waals surface area (Å²) in [5.41, 5.74) is 0. The highest BCUT2D eigenvalue weighted by Crippen LogP contribution is 2.45. The molecule has 10 heteroatoms. The van der Waals surface area contributed by atoms with Crippen LogP contribution in [0.5, 0.6) is 0 Å². The van der Waals surface area contributed by atoms with Crippen LogP contribution in [0.1, 0.15) is 0 Å². The highest BCUT2D eigenvalue weighted by molar-refractivity contribution is 9.30. The van der Waals surface area contributed by atoms with Crippen molar-refractivity contribution in [1.29, 1.82) is 0 Å². The van der Waals surface area contributed by atoms with Gasteiger partial charge < -0.3 is 8.83 Å². The predicted octanol–water partition coefficient (Wildman–Crippen LogP) is 2.52. The van der Waals surface area contributed by atoms with Gasteiger partial charge in [-0.3, -0.25) is 0 Å². The Kier molecular flexibility index (Phi) is 3.71. The maximum absolute atomic E-state index is 12.2. The normalized spacial score (nSPS) is 13.6. The molecule has 2 aromatic rings. The molecule has 0 aromatic carbocycles. The first-order valence-corrected chi connectivity index (χ1v) is 9.20. The molecular formula is C9H6Br2O6S2. The zero-order valence-corrected chi connectivity index (χ0v) is 13.8. The summed E-state index contributed by atoms with van der Waals surface area (Å²) in [6, 6.07) is 4.96. The Hall–Kier alpha value is -0.580. The third kappa shape index (κ3) is 2.20. The molecule has 19 heavy (non-hydrogen) atoms. The Morgan fingerprint density at radius 1 is 0.842 bits per heavy atom. The van der Waals surface area contributed by atoms with Gasteiger partial charge in [-0.15, -0.1) is 0 Å². The van der Waals surface area contributed by atoms with E-state index in [4.69, 9.17) is 8.83 Å². The highest BCUT2D eigenvalue weighted by atomic mass is 79.9. The summed E-state index contributed by atoms with van der Waals surface area (Å²) in [7, 11) is -8.72. The number of halogens is 2. The van der Waals surface area contributed by atoms with Crippen LogP contribution in [0.25, 0.3) is 0 Å². The van der Waals surface area contributed by atoms with Crippen molar-refractivity contribution in [3.63, 3.8) is 0 Å². The van der Waals surface area contributed by atoms with Crippen LogP contribution < -0.4 is 0 Å². The molecule has 0 aliphatic rings. The van der Waals surface area contributed by atoms with Crippen molar-refractivity contribution < 1.29 is 25.7 Å². The van der Waals surface area contributed by atoms with Gasteiger partial charge in [-0.2, -0.15) is 0 Å². The number of furan rings is 2. The van der Waals surface area contributed by atoms with Crippen LogP contribution in [0.3, 0.4) is 0 Å². The van der Waals surface area contributed by atoms with Gasteiger partial charge in [0.1, 0.15) is 0 Å². The van der Waals surface area contributed by atoms with Gasteiger partial charge in [-0.25, -0.2) is 16.8 Å². The zero-order chi connectivity index (χ0) is 14.3. The van der Waals surface area contributed by atoms with Crippen molar-refractivity contribution in [3.05, 3.63) is 36.8 Å². The molecule has 2 aromatic heterocycles. The van der Waals surface area contributed by atoms with Crippen molar-refractivity contribution in [2.24, 2.45) is 0 Å². The minimum Gasteiger partial charge on any atom is -0.453 e. The van der Waals surface area contributed by atoms with Gasteiger partial charge in [0.25, 0.3) is 21.6 Å². The maximum atomic E-state index is 12.2. The molecule has 0 bridgehead atoms. The Labute approximate surface area is 125 Å². The van der Waals surface area contributed by atoms with Gasteiger partial charge >= 0.3 is 0 Å². The fraction of sp³-hybridized carbons (Fsp3) is 0.111. The Morgan fingerprint density at radius 3 is 1.47 bits per heavy atom. The van der Waals surface area contributed by atoms with E-state index in [0.717, 1.165) is 24.7 Å². The van der Waals surface area contributed by atoms with E-state index >= 15 is 0 Å². The fourth-order valence-corrected chi connectivity index (χ4v) is 6.12. The molecule has 104 valence electrons. The first kappa shape index (κ1) is 14.8. The summed E-state index contributed by atoms with van der Waals surface area (Å²) in [5, 5.41) is -0.979. The monoisotopic (exact) mass is 432 g/mol. The number of sulfone groups is 2. The van der Waals surface area contributed by atoms with E-state index in [1.54, 1.807) is 0 Å². The number of hydrogen-bond donors (Lipinski definition) is 0. The summed E-state index contributed by atoms with van der Waals surface area (Å²) < 4.78 is 56.0. The summed E-state index contributed by atoms with van der Waals surface area (Å²) in [6.07, 6.45) is 2.25. The van der Waals surface area contributed by atoms with Crippen LogP contribution in [0.2, 0.25) is 0 Å². The van der Waals surface area contributed by atoms with E-state index in [9.17, 15) is 16.8 Å². The van der Waals surface area contributed by atoms with E-state index in [0.29, 0.717) is 0 Å². The Morgan fingerprint density at radius 2 is 1.21 bits per heavy atom. The largest absolute Gasteiger partial charge is 0.453 e. The fourth-order valence-electron chi connectivity index (χ4n) is 1.21. The molecule has 0 aliphatic carbocycles. The van der Waals surface area contributed by atoms with Gasteiger partial charge in [0.15, 0.2) is 0 Å². The molecule has 0 aliphatic heterocycles. The Bertz CT molecular complexity index is 691. The highest BCUT2D eigenvalue weighted by Gasteiger charge is 2.55. The second-order valence-corrected chi connectivity index (χ2v) is 13.2. The number of alkyl halides is 2. The molecule has 0 unspecified atom stereocenters. The van der Waals surface area contributed by atoms with Crippen LogP contribution >= 0.6 is 31.9 Å². The minimum absolute atomic E-state index is 0.489. The molecule has 0 N–H and O–H groups in total.